The summed E-state index contributed by atoms with van der Waals surface area (Å²) in [5.41, 5.74) is 5.70. The molecule has 2 N–H and O–H groups in total. The second kappa shape index (κ2) is 6.06. The molecule has 2 unspecified atom stereocenters. The van der Waals surface area contributed by atoms with E-state index in [1.54, 1.807) is 0 Å². The maximum atomic E-state index is 11.7. The summed E-state index contributed by atoms with van der Waals surface area (Å²) >= 11 is 5.06. The van der Waals surface area contributed by atoms with Gasteiger partial charge in [0, 0.05) is 18.2 Å². The summed E-state index contributed by atoms with van der Waals surface area (Å²) in [6.07, 6.45) is 7.21. The highest BCUT2D eigenvalue weighted by atomic mass is 32.2. The van der Waals surface area contributed by atoms with Crippen LogP contribution >= 0.6 is 12.2 Å². The Balaban J connectivity index is 1.91. The fourth-order valence-corrected chi connectivity index (χ4v) is 4.79. The van der Waals surface area contributed by atoms with Crippen LogP contribution in [0.1, 0.15) is 38.5 Å². The van der Waals surface area contributed by atoms with E-state index < -0.39 is 9.84 Å². The van der Waals surface area contributed by atoms with Crippen LogP contribution in [-0.2, 0) is 9.84 Å². The van der Waals surface area contributed by atoms with E-state index in [1.165, 1.54) is 6.26 Å². The molecule has 4 nitrogen and oxygen atoms in total. The molecule has 1 aliphatic heterocycles. The lowest BCUT2D eigenvalue weighted by molar-refractivity contribution is 0.121. The quantitative estimate of drug-likeness (QED) is 0.797. The number of hydrogen-bond acceptors (Lipinski definition) is 4. The van der Waals surface area contributed by atoms with Crippen LogP contribution in [-0.4, -0.2) is 48.9 Å². The molecule has 2 atom stereocenters. The molecule has 1 aliphatic carbocycles. The number of rotatable bonds is 3. The zero-order chi connectivity index (χ0) is 14.0. The van der Waals surface area contributed by atoms with Gasteiger partial charge in [-0.25, -0.2) is 8.42 Å². The fraction of sp³-hybridized carbons (Fsp3) is 0.923. The van der Waals surface area contributed by atoms with Crippen LogP contribution in [0.25, 0.3) is 0 Å². The summed E-state index contributed by atoms with van der Waals surface area (Å²) in [5.74, 6) is 0.376. The zero-order valence-electron chi connectivity index (χ0n) is 11.5. The van der Waals surface area contributed by atoms with E-state index in [9.17, 15) is 8.42 Å². The molecule has 0 aromatic heterocycles. The lowest BCUT2D eigenvalue weighted by Gasteiger charge is -2.40. The minimum atomic E-state index is -2.89. The van der Waals surface area contributed by atoms with Gasteiger partial charge >= 0.3 is 0 Å². The Morgan fingerprint density at radius 1 is 1.21 bits per heavy atom. The maximum absolute atomic E-state index is 11.7. The average molecular weight is 304 g/mol. The van der Waals surface area contributed by atoms with Gasteiger partial charge in [0.2, 0.25) is 0 Å². The Morgan fingerprint density at radius 2 is 1.84 bits per heavy atom. The van der Waals surface area contributed by atoms with Crippen molar-refractivity contribution in [2.75, 3.05) is 19.3 Å². The molecule has 2 fully saturated rings. The van der Waals surface area contributed by atoms with E-state index in [0.717, 1.165) is 51.6 Å². The molecule has 0 amide bonds. The van der Waals surface area contributed by atoms with Crippen molar-refractivity contribution in [3.8, 4) is 0 Å². The van der Waals surface area contributed by atoms with Gasteiger partial charge in [-0.3, -0.25) is 0 Å². The van der Waals surface area contributed by atoms with Crippen LogP contribution in [0.2, 0.25) is 0 Å². The maximum Gasteiger partial charge on any atom is 0.150 e. The van der Waals surface area contributed by atoms with Crippen LogP contribution in [0, 0.1) is 5.92 Å². The highest BCUT2D eigenvalue weighted by Gasteiger charge is 2.33. The van der Waals surface area contributed by atoms with Crippen LogP contribution in [0.3, 0.4) is 0 Å². The summed E-state index contributed by atoms with van der Waals surface area (Å²) < 4.78 is 23.4. The molecule has 1 heterocycles. The van der Waals surface area contributed by atoms with Crippen molar-refractivity contribution in [3.05, 3.63) is 0 Å². The molecule has 2 rings (SSSR count). The van der Waals surface area contributed by atoms with E-state index >= 15 is 0 Å². The first-order valence-electron chi connectivity index (χ1n) is 7.10. The van der Waals surface area contributed by atoms with Crippen molar-refractivity contribution in [1.29, 1.82) is 0 Å². The lowest BCUT2D eigenvalue weighted by atomic mass is 9.90. The average Bonchev–Trinajstić information content (AvgIpc) is 2.38. The number of thiocarbonyl (C=S) groups is 1. The molecule has 0 spiro atoms. The monoisotopic (exact) mass is 304 g/mol. The zero-order valence-corrected chi connectivity index (χ0v) is 13.2. The second-order valence-corrected chi connectivity index (χ2v) is 8.78. The molecular formula is C13H24N2O2S2. The lowest BCUT2D eigenvalue weighted by Crippen LogP contribution is -2.47. The van der Waals surface area contributed by atoms with Crippen molar-refractivity contribution >= 4 is 27.0 Å². The predicted molar refractivity (Wildman–Crippen MR) is 82.0 cm³/mol. The van der Waals surface area contributed by atoms with Crippen molar-refractivity contribution < 1.29 is 8.42 Å². The van der Waals surface area contributed by atoms with Gasteiger partial charge in [-0.05, 0) is 45.2 Å². The standard InChI is InChI=1S/C13H24N2O2S2/c1-19(16,17)12-4-2-3-11(9-12)15-7-5-10(6-8-15)13(14)18/h10-12H,2-9H2,1H3,(H2,14,18). The van der Waals surface area contributed by atoms with Gasteiger partial charge in [0.25, 0.3) is 0 Å². The Kier molecular flexibility index (Phi) is 4.84. The van der Waals surface area contributed by atoms with Gasteiger partial charge in [-0.15, -0.1) is 0 Å². The molecular weight excluding hydrogens is 280 g/mol. The minimum absolute atomic E-state index is 0.139. The van der Waals surface area contributed by atoms with E-state index in [1.807, 2.05) is 0 Å². The highest BCUT2D eigenvalue weighted by molar-refractivity contribution is 7.91. The molecule has 1 saturated heterocycles. The Labute approximate surface area is 121 Å². The third-order valence-electron chi connectivity index (χ3n) is 4.65. The molecule has 1 saturated carbocycles. The van der Waals surface area contributed by atoms with Crippen LogP contribution in [0.5, 0.6) is 0 Å². The largest absolute Gasteiger partial charge is 0.393 e. The Morgan fingerprint density at radius 3 is 2.37 bits per heavy atom. The molecule has 0 bridgehead atoms. The van der Waals surface area contributed by atoms with Crippen molar-refractivity contribution in [1.82, 2.24) is 4.90 Å². The van der Waals surface area contributed by atoms with Gasteiger partial charge in [0.1, 0.15) is 9.84 Å². The number of hydrogen-bond donors (Lipinski definition) is 1. The Hall–Kier alpha value is -0.200. The fourth-order valence-electron chi connectivity index (χ4n) is 3.39. The van der Waals surface area contributed by atoms with Crippen molar-refractivity contribution in [2.45, 2.75) is 49.8 Å². The Bertz CT molecular complexity index is 428. The second-order valence-electron chi connectivity index (χ2n) is 5.98. The van der Waals surface area contributed by atoms with Gasteiger partial charge in [-0.2, -0.15) is 0 Å². The summed E-state index contributed by atoms with van der Waals surface area (Å²) in [4.78, 5) is 3.09. The summed E-state index contributed by atoms with van der Waals surface area (Å²) in [6.45, 7) is 2.01. The normalized spacial score (nSPS) is 31.2. The van der Waals surface area contributed by atoms with Gasteiger partial charge < -0.3 is 10.6 Å². The van der Waals surface area contributed by atoms with Gasteiger partial charge in [0.05, 0.1) is 10.2 Å². The SMILES string of the molecule is CS(=O)(=O)C1CCCC(N2CCC(C(N)=S)CC2)C1. The molecule has 0 radical (unpaired) electrons. The minimum Gasteiger partial charge on any atom is -0.393 e. The topological polar surface area (TPSA) is 63.4 Å². The molecule has 19 heavy (non-hydrogen) atoms. The molecule has 6 heteroatoms. The number of likely N-dealkylation sites (tertiary alicyclic amines) is 1. The van der Waals surface area contributed by atoms with Crippen LogP contribution < -0.4 is 5.73 Å². The third kappa shape index (κ3) is 3.89. The number of nitrogens with two attached hydrogens (primary N) is 1. The third-order valence-corrected chi connectivity index (χ3v) is 6.62. The summed E-state index contributed by atoms with van der Waals surface area (Å²) in [6, 6.07) is 0.431. The van der Waals surface area contributed by atoms with Gasteiger partial charge in [-0.1, -0.05) is 18.6 Å². The molecule has 110 valence electrons. The predicted octanol–water partition coefficient (Wildman–Crippen LogP) is 1.34. The van der Waals surface area contributed by atoms with Crippen LogP contribution in [0.4, 0.5) is 0 Å². The smallest absolute Gasteiger partial charge is 0.150 e. The van der Waals surface area contributed by atoms with E-state index in [2.05, 4.69) is 4.90 Å². The van der Waals surface area contributed by atoms with Crippen molar-refractivity contribution in [2.24, 2.45) is 11.7 Å². The first-order valence-corrected chi connectivity index (χ1v) is 9.46. The summed E-state index contributed by atoms with van der Waals surface area (Å²) in [7, 11) is -2.89. The molecule has 2 aliphatic rings. The molecule has 0 aromatic carbocycles. The number of piperidine rings is 1. The highest BCUT2D eigenvalue weighted by Crippen LogP contribution is 2.30. The van der Waals surface area contributed by atoms with E-state index in [0.29, 0.717) is 16.9 Å². The van der Waals surface area contributed by atoms with Gasteiger partial charge in [0.15, 0.2) is 0 Å². The first-order chi connectivity index (χ1) is 8.88. The van der Waals surface area contributed by atoms with Crippen LogP contribution in [0.15, 0.2) is 0 Å². The first kappa shape index (κ1) is 15.2. The van der Waals surface area contributed by atoms with Crippen molar-refractivity contribution in [3.63, 3.8) is 0 Å². The summed E-state index contributed by atoms with van der Waals surface area (Å²) in [5, 5.41) is -0.139. The molecule has 0 aromatic rings. The number of nitrogens with zero attached hydrogens (tertiary/aromatic N) is 1. The number of sulfone groups is 1. The van der Waals surface area contributed by atoms with E-state index in [4.69, 9.17) is 18.0 Å². The van der Waals surface area contributed by atoms with E-state index in [-0.39, 0.29) is 5.25 Å².